The van der Waals surface area contributed by atoms with Crippen LogP contribution in [0.25, 0.3) is 0 Å². The van der Waals surface area contributed by atoms with Crippen LogP contribution in [-0.4, -0.2) is 23.2 Å². The first kappa shape index (κ1) is 8.10. The molecule has 1 saturated carbocycles. The van der Waals surface area contributed by atoms with Gasteiger partial charge in [-0.1, -0.05) is 0 Å². The van der Waals surface area contributed by atoms with Crippen LogP contribution in [0.5, 0.6) is 5.88 Å². The normalized spacial score (nSPS) is 15.8. The summed E-state index contributed by atoms with van der Waals surface area (Å²) in [6, 6.07) is 0. The molecule has 13 heavy (non-hydrogen) atoms. The van der Waals surface area contributed by atoms with E-state index in [2.05, 4.69) is 4.98 Å². The molecule has 2 rings (SSSR count). The Morgan fingerprint density at radius 3 is 2.85 bits per heavy atom. The number of carbonyl (C=O) groups is 1. The average molecular weight is 183 g/mol. The quantitative estimate of drug-likeness (QED) is 0.763. The summed E-state index contributed by atoms with van der Waals surface area (Å²) in [6.45, 7) is 0. The summed E-state index contributed by atoms with van der Waals surface area (Å²) < 4.78 is 9.96. The molecule has 0 aromatic carbocycles. The Balaban J connectivity index is 2.36. The van der Waals surface area contributed by atoms with Crippen molar-refractivity contribution >= 4 is 5.97 Å². The lowest BCUT2D eigenvalue weighted by Gasteiger charge is -1.93. The summed E-state index contributed by atoms with van der Waals surface area (Å²) in [5.41, 5.74) is 0. The van der Waals surface area contributed by atoms with Gasteiger partial charge >= 0.3 is 11.9 Å². The molecule has 1 aliphatic carbocycles. The van der Waals surface area contributed by atoms with E-state index in [1.54, 1.807) is 0 Å². The van der Waals surface area contributed by atoms with Gasteiger partial charge in [0.15, 0.2) is 5.76 Å². The van der Waals surface area contributed by atoms with Gasteiger partial charge in [0, 0.05) is 5.92 Å². The minimum atomic E-state index is -1.16. The smallest absolute Gasteiger partial charge is 0.392 e. The highest BCUT2D eigenvalue weighted by atomic mass is 16.5. The molecule has 1 aromatic rings. The lowest BCUT2D eigenvalue weighted by atomic mass is 10.3. The highest BCUT2D eigenvalue weighted by Gasteiger charge is 2.33. The summed E-state index contributed by atoms with van der Waals surface area (Å²) in [4.78, 5) is 14.2. The molecular formula is C8H9NO4. The van der Waals surface area contributed by atoms with Gasteiger partial charge in [0.25, 0.3) is 5.88 Å². The van der Waals surface area contributed by atoms with E-state index in [1.807, 2.05) is 0 Å². The number of carboxylic acids is 1. The van der Waals surface area contributed by atoms with E-state index in [9.17, 15) is 4.79 Å². The number of nitrogens with zero attached hydrogens (tertiary/aromatic N) is 1. The van der Waals surface area contributed by atoms with E-state index in [0.29, 0.717) is 17.6 Å². The predicted octanol–water partition coefficient (Wildman–Crippen LogP) is 1.26. The summed E-state index contributed by atoms with van der Waals surface area (Å²) in [5, 5.41) is 8.61. The highest BCUT2D eigenvalue weighted by molar-refractivity contribution is 5.82. The number of aromatic nitrogens is 1. The number of aromatic carboxylic acids is 1. The third-order valence-corrected chi connectivity index (χ3v) is 1.94. The Kier molecular flexibility index (Phi) is 1.72. The maximum absolute atomic E-state index is 10.5. The minimum Gasteiger partial charge on any atom is -0.479 e. The molecule has 1 N–H and O–H groups in total. The minimum absolute atomic E-state index is 0.293. The van der Waals surface area contributed by atoms with Gasteiger partial charge in [-0.15, -0.1) is 0 Å². The molecule has 1 aromatic heterocycles. The molecule has 0 amide bonds. The Morgan fingerprint density at radius 2 is 2.38 bits per heavy atom. The number of ether oxygens (including phenoxy) is 1. The number of methoxy groups -OCH3 is 1. The fourth-order valence-electron chi connectivity index (χ4n) is 1.16. The first-order valence-corrected chi connectivity index (χ1v) is 4.00. The van der Waals surface area contributed by atoms with Crippen molar-refractivity contribution in [1.82, 2.24) is 4.98 Å². The molecule has 0 radical (unpaired) electrons. The van der Waals surface area contributed by atoms with Gasteiger partial charge in [-0.2, -0.15) is 4.98 Å². The number of oxazole rings is 1. The van der Waals surface area contributed by atoms with E-state index in [0.717, 1.165) is 12.8 Å². The predicted molar refractivity (Wildman–Crippen MR) is 42.0 cm³/mol. The van der Waals surface area contributed by atoms with Crippen molar-refractivity contribution in [1.29, 1.82) is 0 Å². The van der Waals surface area contributed by atoms with Crippen molar-refractivity contribution in [2.45, 2.75) is 18.8 Å². The molecule has 5 nitrogen and oxygen atoms in total. The SMILES string of the molecule is COc1nc(C(=O)O)oc1C1CC1. The molecule has 70 valence electrons. The van der Waals surface area contributed by atoms with Crippen LogP contribution in [0, 0.1) is 0 Å². The van der Waals surface area contributed by atoms with E-state index < -0.39 is 5.97 Å². The molecule has 1 heterocycles. The van der Waals surface area contributed by atoms with Crippen LogP contribution in [-0.2, 0) is 0 Å². The van der Waals surface area contributed by atoms with Gasteiger partial charge in [-0.25, -0.2) is 4.79 Å². The highest BCUT2D eigenvalue weighted by Crippen LogP contribution is 2.44. The van der Waals surface area contributed by atoms with Crippen LogP contribution in [0.15, 0.2) is 4.42 Å². The van der Waals surface area contributed by atoms with Crippen molar-refractivity contribution in [3.05, 3.63) is 11.7 Å². The second-order valence-corrected chi connectivity index (χ2v) is 2.97. The fourth-order valence-corrected chi connectivity index (χ4v) is 1.16. The number of hydrogen-bond donors (Lipinski definition) is 1. The maximum atomic E-state index is 10.5. The molecule has 0 unspecified atom stereocenters. The van der Waals surface area contributed by atoms with E-state index in [1.165, 1.54) is 7.11 Å². The zero-order chi connectivity index (χ0) is 9.42. The summed E-state index contributed by atoms with van der Waals surface area (Å²) >= 11 is 0. The largest absolute Gasteiger partial charge is 0.479 e. The van der Waals surface area contributed by atoms with Crippen LogP contribution in [0.1, 0.15) is 35.2 Å². The summed E-state index contributed by atoms with van der Waals surface area (Å²) in [5.74, 6) is -0.278. The van der Waals surface area contributed by atoms with Gasteiger partial charge in [0.05, 0.1) is 7.11 Å². The zero-order valence-corrected chi connectivity index (χ0v) is 7.11. The second-order valence-electron chi connectivity index (χ2n) is 2.97. The monoisotopic (exact) mass is 183 g/mol. The molecule has 1 aliphatic rings. The van der Waals surface area contributed by atoms with Crippen molar-refractivity contribution < 1.29 is 19.1 Å². The number of carboxylic acid groups (broad SMARTS) is 1. The van der Waals surface area contributed by atoms with Crippen LogP contribution in [0.4, 0.5) is 0 Å². The fraction of sp³-hybridized carbons (Fsp3) is 0.500. The Hall–Kier alpha value is -1.52. The summed E-state index contributed by atoms with van der Waals surface area (Å²) in [6.07, 6.45) is 2.04. The van der Waals surface area contributed by atoms with Gasteiger partial charge in [0.1, 0.15) is 0 Å². The maximum Gasteiger partial charge on any atom is 0.392 e. The van der Waals surface area contributed by atoms with Gasteiger partial charge < -0.3 is 14.3 Å². The molecule has 0 bridgehead atoms. The van der Waals surface area contributed by atoms with Crippen molar-refractivity contribution in [3.8, 4) is 5.88 Å². The van der Waals surface area contributed by atoms with E-state index in [-0.39, 0.29) is 5.89 Å². The van der Waals surface area contributed by atoms with Crippen molar-refractivity contribution in [2.24, 2.45) is 0 Å². The third kappa shape index (κ3) is 1.37. The van der Waals surface area contributed by atoms with Gasteiger partial charge in [0.2, 0.25) is 0 Å². The Labute approximate surface area is 74.3 Å². The topological polar surface area (TPSA) is 72.6 Å². The van der Waals surface area contributed by atoms with Gasteiger partial charge in [-0.3, -0.25) is 0 Å². The zero-order valence-electron chi connectivity index (χ0n) is 7.11. The molecule has 5 heteroatoms. The van der Waals surface area contributed by atoms with Gasteiger partial charge in [-0.05, 0) is 12.8 Å². The number of hydrogen-bond acceptors (Lipinski definition) is 4. The van der Waals surface area contributed by atoms with Crippen LogP contribution in [0.2, 0.25) is 0 Å². The molecule has 0 atom stereocenters. The molecule has 0 spiro atoms. The van der Waals surface area contributed by atoms with Crippen LogP contribution in [0.3, 0.4) is 0 Å². The van der Waals surface area contributed by atoms with Crippen LogP contribution >= 0.6 is 0 Å². The lowest BCUT2D eigenvalue weighted by Crippen LogP contribution is -1.95. The van der Waals surface area contributed by atoms with Crippen molar-refractivity contribution in [2.75, 3.05) is 7.11 Å². The Morgan fingerprint density at radius 1 is 1.69 bits per heavy atom. The molecule has 0 saturated heterocycles. The second kappa shape index (κ2) is 2.76. The first-order valence-electron chi connectivity index (χ1n) is 4.00. The van der Waals surface area contributed by atoms with Crippen molar-refractivity contribution in [3.63, 3.8) is 0 Å². The standard InChI is InChI=1S/C8H9NO4/c1-12-6-5(4-2-3-4)13-7(9-6)8(10)11/h4H,2-3H2,1H3,(H,10,11). The average Bonchev–Trinajstić information content (AvgIpc) is 2.84. The Bertz CT molecular complexity index is 340. The molecule has 1 fully saturated rings. The first-order chi connectivity index (χ1) is 6.22. The number of rotatable bonds is 3. The molecular weight excluding hydrogens is 174 g/mol. The third-order valence-electron chi connectivity index (χ3n) is 1.94. The lowest BCUT2D eigenvalue weighted by molar-refractivity contribution is 0.0651. The van der Waals surface area contributed by atoms with E-state index in [4.69, 9.17) is 14.3 Å². The molecule has 0 aliphatic heterocycles. The van der Waals surface area contributed by atoms with Crippen LogP contribution < -0.4 is 4.74 Å². The summed E-state index contributed by atoms with van der Waals surface area (Å²) in [7, 11) is 1.45. The van der Waals surface area contributed by atoms with E-state index >= 15 is 0 Å².